The maximum absolute atomic E-state index is 12.8. The standard InChI is InChI=1S/C23H20ClN3O2S2/c1-2-3-5-14-7-10-17-20(12-14)31-23(26-17)27-21(28)15-8-9-16(24)18(13-15)25-22(29)19-6-4-11-30-19/h4,6-13H,2-3,5H2,1H3,(H,25,29)(H,26,27,28). The number of hydrogen-bond donors (Lipinski definition) is 2. The van der Waals surface area contributed by atoms with Crippen LogP contribution in [0, 0.1) is 0 Å². The van der Waals surface area contributed by atoms with Gasteiger partial charge in [0, 0.05) is 5.56 Å². The van der Waals surface area contributed by atoms with Gasteiger partial charge in [0.1, 0.15) is 0 Å². The minimum absolute atomic E-state index is 0.264. The van der Waals surface area contributed by atoms with E-state index >= 15 is 0 Å². The molecule has 0 fully saturated rings. The molecule has 5 nitrogen and oxygen atoms in total. The highest BCUT2D eigenvalue weighted by Gasteiger charge is 2.14. The van der Waals surface area contributed by atoms with Gasteiger partial charge in [0.2, 0.25) is 0 Å². The molecule has 2 N–H and O–H groups in total. The summed E-state index contributed by atoms with van der Waals surface area (Å²) in [6.45, 7) is 2.18. The van der Waals surface area contributed by atoms with E-state index in [9.17, 15) is 9.59 Å². The van der Waals surface area contributed by atoms with Crippen LogP contribution in [0.3, 0.4) is 0 Å². The van der Waals surface area contributed by atoms with Crippen LogP contribution in [-0.4, -0.2) is 16.8 Å². The number of carbonyl (C=O) groups is 2. The number of hydrogen-bond acceptors (Lipinski definition) is 5. The highest BCUT2D eigenvalue weighted by Crippen LogP contribution is 2.29. The Hall–Kier alpha value is -2.74. The van der Waals surface area contributed by atoms with Gasteiger partial charge in [0.25, 0.3) is 11.8 Å². The number of carbonyl (C=O) groups excluding carboxylic acids is 2. The van der Waals surface area contributed by atoms with Gasteiger partial charge in [-0.25, -0.2) is 4.98 Å². The summed E-state index contributed by atoms with van der Waals surface area (Å²) in [6, 6.07) is 14.5. The highest BCUT2D eigenvalue weighted by atomic mass is 35.5. The monoisotopic (exact) mass is 469 g/mol. The summed E-state index contributed by atoms with van der Waals surface area (Å²) < 4.78 is 1.05. The van der Waals surface area contributed by atoms with Crippen LogP contribution in [0.1, 0.15) is 45.4 Å². The summed E-state index contributed by atoms with van der Waals surface area (Å²) in [7, 11) is 0. The Morgan fingerprint density at radius 2 is 1.94 bits per heavy atom. The number of halogens is 1. The predicted molar refractivity (Wildman–Crippen MR) is 130 cm³/mol. The molecular formula is C23H20ClN3O2S2. The van der Waals surface area contributed by atoms with E-state index in [4.69, 9.17) is 11.6 Å². The number of unbranched alkanes of at least 4 members (excludes halogenated alkanes) is 1. The molecule has 0 radical (unpaired) electrons. The van der Waals surface area contributed by atoms with Gasteiger partial charge in [-0.05, 0) is 60.2 Å². The normalized spacial score (nSPS) is 10.9. The third kappa shape index (κ3) is 5.12. The highest BCUT2D eigenvalue weighted by molar-refractivity contribution is 7.22. The molecule has 0 atom stereocenters. The van der Waals surface area contributed by atoms with Crippen molar-refractivity contribution in [2.24, 2.45) is 0 Å². The van der Waals surface area contributed by atoms with Crippen molar-refractivity contribution in [3.8, 4) is 0 Å². The Bertz CT molecular complexity index is 1240. The van der Waals surface area contributed by atoms with Crippen LogP contribution >= 0.6 is 34.3 Å². The molecule has 2 amide bonds. The van der Waals surface area contributed by atoms with Crippen LogP contribution in [0.2, 0.25) is 5.02 Å². The molecule has 0 saturated heterocycles. The van der Waals surface area contributed by atoms with Gasteiger partial charge in [-0.3, -0.25) is 14.9 Å². The van der Waals surface area contributed by atoms with Gasteiger partial charge in [-0.1, -0.05) is 48.4 Å². The number of anilines is 2. The van der Waals surface area contributed by atoms with Crippen LogP contribution in [0.4, 0.5) is 10.8 Å². The lowest BCUT2D eigenvalue weighted by molar-refractivity contribution is 0.101. The quantitative estimate of drug-likeness (QED) is 0.310. The van der Waals surface area contributed by atoms with Crippen molar-refractivity contribution in [2.75, 3.05) is 10.6 Å². The summed E-state index contributed by atoms with van der Waals surface area (Å²) in [5.41, 5.74) is 2.91. The maximum atomic E-state index is 12.8. The molecule has 31 heavy (non-hydrogen) atoms. The van der Waals surface area contributed by atoms with Crippen LogP contribution < -0.4 is 10.6 Å². The first kappa shape index (κ1) is 21.5. The second-order valence-corrected chi connectivity index (χ2v) is 9.39. The van der Waals surface area contributed by atoms with Gasteiger partial charge in [-0.2, -0.15) is 0 Å². The number of benzene rings is 2. The third-order valence-corrected chi connectivity index (χ3v) is 6.85. The molecule has 0 aliphatic rings. The summed E-state index contributed by atoms with van der Waals surface area (Å²) in [5.74, 6) is -0.576. The van der Waals surface area contributed by atoms with E-state index in [1.807, 2.05) is 11.4 Å². The molecule has 2 heterocycles. The SMILES string of the molecule is CCCCc1ccc2nc(NC(=O)c3ccc(Cl)c(NC(=O)c4cccs4)c3)sc2c1. The predicted octanol–water partition coefficient (Wildman–Crippen LogP) is 6.86. The molecule has 0 unspecified atom stereocenters. The number of nitrogens with zero attached hydrogens (tertiary/aromatic N) is 1. The molecule has 0 saturated carbocycles. The topological polar surface area (TPSA) is 71.1 Å². The van der Waals surface area contributed by atoms with Crippen LogP contribution in [0.25, 0.3) is 10.2 Å². The molecule has 2 aromatic carbocycles. The largest absolute Gasteiger partial charge is 0.320 e. The zero-order valence-corrected chi connectivity index (χ0v) is 19.2. The van der Waals surface area contributed by atoms with Gasteiger partial charge in [0.05, 0.1) is 25.8 Å². The number of nitrogens with one attached hydrogen (secondary N) is 2. The first-order chi connectivity index (χ1) is 15.0. The van der Waals surface area contributed by atoms with Crippen molar-refractivity contribution in [1.29, 1.82) is 0 Å². The number of aromatic nitrogens is 1. The van der Waals surface area contributed by atoms with E-state index in [-0.39, 0.29) is 11.8 Å². The van der Waals surface area contributed by atoms with Gasteiger partial charge in [0.15, 0.2) is 5.13 Å². The summed E-state index contributed by atoms with van der Waals surface area (Å²) in [4.78, 5) is 30.2. The van der Waals surface area contributed by atoms with Crippen molar-refractivity contribution < 1.29 is 9.59 Å². The second-order valence-electron chi connectivity index (χ2n) is 7.00. The molecular weight excluding hydrogens is 450 g/mol. The fraction of sp³-hybridized carbons (Fsp3) is 0.174. The molecule has 0 bridgehead atoms. The number of thiophene rings is 1. The number of fused-ring (bicyclic) bond motifs is 1. The van der Waals surface area contributed by atoms with Gasteiger partial charge in [-0.15, -0.1) is 11.3 Å². The van der Waals surface area contributed by atoms with Crippen molar-refractivity contribution in [2.45, 2.75) is 26.2 Å². The van der Waals surface area contributed by atoms with Crippen molar-refractivity contribution in [3.63, 3.8) is 0 Å². The smallest absolute Gasteiger partial charge is 0.265 e. The van der Waals surface area contributed by atoms with Crippen molar-refractivity contribution in [1.82, 2.24) is 4.98 Å². The zero-order chi connectivity index (χ0) is 21.8. The summed E-state index contributed by atoms with van der Waals surface area (Å²) in [5, 5.41) is 8.34. The molecule has 0 aliphatic carbocycles. The molecule has 0 aliphatic heterocycles. The molecule has 8 heteroatoms. The number of aryl methyl sites for hydroxylation is 1. The number of thiazole rings is 1. The fourth-order valence-electron chi connectivity index (χ4n) is 3.08. The van der Waals surface area contributed by atoms with E-state index < -0.39 is 0 Å². The first-order valence-electron chi connectivity index (χ1n) is 9.88. The first-order valence-corrected chi connectivity index (χ1v) is 12.0. The van der Waals surface area contributed by atoms with E-state index in [0.29, 0.717) is 26.3 Å². The second kappa shape index (κ2) is 9.60. The van der Waals surface area contributed by atoms with Crippen molar-refractivity contribution >= 4 is 67.1 Å². The van der Waals surface area contributed by atoms with E-state index in [1.54, 1.807) is 30.3 Å². The zero-order valence-electron chi connectivity index (χ0n) is 16.8. The Kier molecular flexibility index (Phi) is 6.65. The van der Waals surface area contributed by atoms with Gasteiger partial charge < -0.3 is 5.32 Å². The molecule has 158 valence electrons. The minimum Gasteiger partial charge on any atom is -0.320 e. The molecule has 0 spiro atoms. The lowest BCUT2D eigenvalue weighted by Gasteiger charge is -2.08. The van der Waals surface area contributed by atoms with E-state index in [0.717, 1.165) is 29.5 Å². The van der Waals surface area contributed by atoms with Crippen LogP contribution in [-0.2, 0) is 6.42 Å². The lowest BCUT2D eigenvalue weighted by Crippen LogP contribution is -2.14. The minimum atomic E-state index is -0.312. The summed E-state index contributed by atoms with van der Waals surface area (Å²) >= 11 is 9.00. The van der Waals surface area contributed by atoms with Crippen LogP contribution in [0.15, 0.2) is 53.9 Å². The Balaban J connectivity index is 1.50. The Morgan fingerprint density at radius 1 is 1.06 bits per heavy atom. The number of rotatable bonds is 7. The number of amides is 2. The average molecular weight is 470 g/mol. The Morgan fingerprint density at radius 3 is 2.71 bits per heavy atom. The lowest BCUT2D eigenvalue weighted by atomic mass is 10.1. The molecule has 4 rings (SSSR count). The van der Waals surface area contributed by atoms with E-state index in [2.05, 4.69) is 34.7 Å². The maximum Gasteiger partial charge on any atom is 0.265 e. The molecule has 4 aromatic rings. The van der Waals surface area contributed by atoms with Crippen molar-refractivity contribution in [3.05, 3.63) is 74.9 Å². The average Bonchev–Trinajstić information content (AvgIpc) is 3.43. The third-order valence-electron chi connectivity index (χ3n) is 4.71. The van der Waals surface area contributed by atoms with Crippen LogP contribution in [0.5, 0.6) is 0 Å². The summed E-state index contributed by atoms with van der Waals surface area (Å²) in [6.07, 6.45) is 3.34. The Labute approximate surface area is 193 Å². The molecule has 2 aromatic heterocycles. The fourth-order valence-corrected chi connectivity index (χ4v) is 4.79. The van der Waals surface area contributed by atoms with E-state index in [1.165, 1.54) is 28.2 Å². The van der Waals surface area contributed by atoms with Gasteiger partial charge >= 0.3 is 0 Å².